The largest absolute Gasteiger partial charge is 0.474 e. The second kappa shape index (κ2) is 11.1. The lowest BCUT2D eigenvalue weighted by Crippen LogP contribution is -2.38. The van der Waals surface area contributed by atoms with Gasteiger partial charge in [-0.15, -0.1) is 0 Å². The third-order valence-corrected chi connectivity index (χ3v) is 8.61. The fourth-order valence-electron chi connectivity index (χ4n) is 6.53. The summed E-state index contributed by atoms with van der Waals surface area (Å²) in [7, 11) is 0. The minimum atomic E-state index is -0.794. The molecule has 1 N–H and O–H groups in total. The number of fused-ring (bicyclic) bond motifs is 2. The van der Waals surface area contributed by atoms with Crippen LogP contribution in [-0.2, 0) is 10.3 Å². The lowest BCUT2D eigenvalue weighted by Gasteiger charge is -2.37. The van der Waals surface area contributed by atoms with Gasteiger partial charge in [-0.25, -0.2) is 9.67 Å². The highest BCUT2D eigenvalue weighted by Crippen LogP contribution is 2.45. The number of aromatic nitrogens is 5. The van der Waals surface area contributed by atoms with E-state index in [4.69, 9.17) is 19.6 Å². The van der Waals surface area contributed by atoms with Crippen LogP contribution in [0.1, 0.15) is 29.5 Å². The Labute approximate surface area is 255 Å². The number of pyridine rings is 1. The van der Waals surface area contributed by atoms with E-state index in [1.807, 2.05) is 12.4 Å². The van der Waals surface area contributed by atoms with Crippen molar-refractivity contribution in [1.29, 1.82) is 0 Å². The molecular weight excluding hydrogens is 546 g/mol. The van der Waals surface area contributed by atoms with Gasteiger partial charge in [0.2, 0.25) is 5.88 Å². The van der Waals surface area contributed by atoms with Crippen molar-refractivity contribution in [3.05, 3.63) is 144 Å². The van der Waals surface area contributed by atoms with Crippen LogP contribution in [0.4, 0.5) is 0 Å². The van der Waals surface area contributed by atoms with E-state index in [1.165, 1.54) is 0 Å². The molecule has 7 heteroatoms. The van der Waals surface area contributed by atoms with Crippen molar-refractivity contribution in [3.8, 4) is 17.1 Å². The van der Waals surface area contributed by atoms with Crippen LogP contribution in [0.3, 0.4) is 0 Å². The van der Waals surface area contributed by atoms with Crippen molar-refractivity contribution >= 4 is 21.8 Å². The molecule has 0 radical (unpaired) electrons. The molecule has 4 heterocycles. The zero-order valence-electron chi connectivity index (χ0n) is 24.1. The molecule has 216 valence electrons. The highest BCUT2D eigenvalue weighted by atomic mass is 16.5. The van der Waals surface area contributed by atoms with Crippen LogP contribution in [0.2, 0.25) is 0 Å². The standard InChI is InChI=1S/C37H31N5O2/c1-4-10-28(11-5-1)37(29-12-6-2-7-13-29,30-14-8-3-9-15-30)42-33-18-21-38-36(44-31-19-22-43-23-20-31)34(33)35(41-42)26-16-17-32-27(24-26)25-39-40-32/h1-18,21,24-25,31H,19-20,22-23H2,(H,39,40). The molecule has 1 saturated heterocycles. The van der Waals surface area contributed by atoms with Crippen LogP contribution in [-0.4, -0.2) is 44.3 Å². The molecule has 0 saturated carbocycles. The normalized spacial score (nSPS) is 14.3. The molecule has 0 spiro atoms. The fraction of sp³-hybridized carbons (Fsp3) is 0.162. The average Bonchev–Trinajstić information content (AvgIpc) is 3.73. The third kappa shape index (κ3) is 4.36. The van der Waals surface area contributed by atoms with E-state index in [0.717, 1.165) is 62.6 Å². The van der Waals surface area contributed by atoms with Crippen molar-refractivity contribution in [1.82, 2.24) is 25.0 Å². The van der Waals surface area contributed by atoms with Crippen molar-refractivity contribution in [3.63, 3.8) is 0 Å². The molecule has 7 aromatic rings. The maximum Gasteiger partial charge on any atom is 0.225 e. The van der Waals surface area contributed by atoms with Crippen molar-refractivity contribution in [2.75, 3.05) is 13.2 Å². The number of nitrogens with one attached hydrogen (secondary N) is 1. The van der Waals surface area contributed by atoms with E-state index in [1.54, 1.807) is 0 Å². The van der Waals surface area contributed by atoms with Crippen LogP contribution in [0.15, 0.2) is 128 Å². The van der Waals surface area contributed by atoms with Gasteiger partial charge in [0, 0.05) is 30.0 Å². The number of aromatic amines is 1. The van der Waals surface area contributed by atoms with E-state index >= 15 is 0 Å². The van der Waals surface area contributed by atoms with Crippen molar-refractivity contribution in [2.45, 2.75) is 24.5 Å². The Balaban J connectivity index is 1.48. The Bertz CT molecular complexity index is 1930. The fourth-order valence-corrected chi connectivity index (χ4v) is 6.53. The molecule has 3 aromatic heterocycles. The molecule has 1 aliphatic rings. The zero-order valence-corrected chi connectivity index (χ0v) is 24.1. The van der Waals surface area contributed by atoms with Crippen LogP contribution in [0.25, 0.3) is 33.1 Å². The first-order valence-corrected chi connectivity index (χ1v) is 15.0. The molecule has 1 fully saturated rings. The number of rotatable bonds is 7. The number of hydrogen-bond donors (Lipinski definition) is 1. The third-order valence-electron chi connectivity index (χ3n) is 8.61. The van der Waals surface area contributed by atoms with E-state index in [-0.39, 0.29) is 6.10 Å². The van der Waals surface area contributed by atoms with Gasteiger partial charge in [-0.3, -0.25) is 5.10 Å². The van der Waals surface area contributed by atoms with Gasteiger partial charge in [-0.1, -0.05) is 97.1 Å². The predicted octanol–water partition coefficient (Wildman–Crippen LogP) is 7.37. The lowest BCUT2D eigenvalue weighted by molar-refractivity contribution is 0.0244. The Hall–Kier alpha value is -5.27. The van der Waals surface area contributed by atoms with Gasteiger partial charge in [0.15, 0.2) is 0 Å². The monoisotopic (exact) mass is 577 g/mol. The number of H-pyrrole nitrogens is 1. The van der Waals surface area contributed by atoms with Crippen LogP contribution < -0.4 is 4.74 Å². The molecule has 0 unspecified atom stereocenters. The summed E-state index contributed by atoms with van der Waals surface area (Å²) in [6.45, 7) is 1.37. The number of hydrogen-bond acceptors (Lipinski definition) is 5. The molecule has 4 aromatic carbocycles. The van der Waals surface area contributed by atoms with Gasteiger partial charge in [-0.2, -0.15) is 10.2 Å². The molecule has 0 bridgehead atoms. The first kappa shape index (κ1) is 26.4. The quantitative estimate of drug-likeness (QED) is 0.200. The molecule has 0 aliphatic carbocycles. The highest BCUT2D eigenvalue weighted by Gasteiger charge is 2.41. The summed E-state index contributed by atoms with van der Waals surface area (Å²) in [6, 6.07) is 40.2. The summed E-state index contributed by atoms with van der Waals surface area (Å²) < 4.78 is 14.5. The number of ether oxygens (including phenoxy) is 2. The smallest absolute Gasteiger partial charge is 0.225 e. The Morgan fingerprint density at radius 1 is 0.773 bits per heavy atom. The topological polar surface area (TPSA) is 77.9 Å². The summed E-state index contributed by atoms with van der Waals surface area (Å²) in [6.07, 6.45) is 5.35. The highest BCUT2D eigenvalue weighted by molar-refractivity contribution is 5.99. The summed E-state index contributed by atoms with van der Waals surface area (Å²) in [5.41, 5.74) is 6.19. The van der Waals surface area contributed by atoms with Crippen molar-refractivity contribution in [2.24, 2.45) is 0 Å². The second-order valence-electron chi connectivity index (χ2n) is 11.2. The maximum absolute atomic E-state index is 6.68. The first-order chi connectivity index (χ1) is 21.8. The number of nitrogens with zero attached hydrogens (tertiary/aromatic N) is 4. The SMILES string of the molecule is c1ccc(C(c2ccccc2)(c2ccccc2)n2nc(-c3ccc4[nH]ncc4c3)c3c(OC4CCOCC4)nccc32)cc1. The van der Waals surface area contributed by atoms with E-state index < -0.39 is 5.54 Å². The minimum Gasteiger partial charge on any atom is -0.474 e. The van der Waals surface area contributed by atoms with Crippen LogP contribution in [0.5, 0.6) is 5.88 Å². The molecule has 0 atom stereocenters. The van der Waals surface area contributed by atoms with Gasteiger partial charge < -0.3 is 9.47 Å². The van der Waals surface area contributed by atoms with E-state index in [0.29, 0.717) is 19.1 Å². The Morgan fingerprint density at radius 3 is 2.05 bits per heavy atom. The summed E-state index contributed by atoms with van der Waals surface area (Å²) in [5, 5.41) is 14.8. The molecule has 0 amide bonds. The molecular formula is C37H31N5O2. The Morgan fingerprint density at radius 2 is 1.41 bits per heavy atom. The van der Waals surface area contributed by atoms with Crippen molar-refractivity contribution < 1.29 is 9.47 Å². The van der Waals surface area contributed by atoms with Gasteiger partial charge in [0.1, 0.15) is 17.3 Å². The van der Waals surface area contributed by atoms with Crippen LogP contribution in [0, 0.1) is 0 Å². The zero-order chi connectivity index (χ0) is 29.3. The van der Waals surface area contributed by atoms with E-state index in [2.05, 4.69) is 130 Å². The van der Waals surface area contributed by atoms with Gasteiger partial charge in [0.05, 0.1) is 35.8 Å². The second-order valence-corrected chi connectivity index (χ2v) is 11.2. The predicted molar refractivity (Wildman–Crippen MR) is 172 cm³/mol. The summed E-state index contributed by atoms with van der Waals surface area (Å²) in [4.78, 5) is 4.82. The Kier molecular flexibility index (Phi) is 6.65. The average molecular weight is 578 g/mol. The lowest BCUT2D eigenvalue weighted by atomic mass is 9.77. The van der Waals surface area contributed by atoms with Crippen LogP contribution >= 0.6 is 0 Å². The van der Waals surface area contributed by atoms with E-state index in [9.17, 15) is 0 Å². The van der Waals surface area contributed by atoms with Gasteiger partial charge >= 0.3 is 0 Å². The first-order valence-electron chi connectivity index (χ1n) is 15.0. The molecule has 1 aliphatic heterocycles. The van der Waals surface area contributed by atoms with Gasteiger partial charge in [-0.05, 0) is 34.9 Å². The summed E-state index contributed by atoms with van der Waals surface area (Å²) in [5.74, 6) is 0.589. The molecule has 8 rings (SSSR count). The molecule has 44 heavy (non-hydrogen) atoms. The summed E-state index contributed by atoms with van der Waals surface area (Å²) >= 11 is 0. The maximum atomic E-state index is 6.68. The molecule has 7 nitrogen and oxygen atoms in total. The minimum absolute atomic E-state index is 0.0246. The number of benzene rings is 4. The van der Waals surface area contributed by atoms with Gasteiger partial charge in [0.25, 0.3) is 0 Å².